The van der Waals surface area contributed by atoms with Crippen LogP contribution in [0.25, 0.3) is 0 Å². The monoisotopic (exact) mass is 233 g/mol. The Hall–Kier alpha value is -1.02. The van der Waals surface area contributed by atoms with Gasteiger partial charge in [0.05, 0.1) is 6.61 Å². The maximum atomic E-state index is 5.96. The zero-order valence-corrected chi connectivity index (χ0v) is 10.9. The van der Waals surface area contributed by atoms with E-state index in [0.29, 0.717) is 17.9 Å². The third-order valence-corrected chi connectivity index (χ3v) is 3.59. The molecule has 3 unspecified atom stereocenters. The Morgan fingerprint density at radius 2 is 2.18 bits per heavy atom. The predicted molar refractivity (Wildman–Crippen MR) is 71.3 cm³/mol. The van der Waals surface area contributed by atoms with Gasteiger partial charge in [-0.05, 0) is 43.2 Å². The lowest BCUT2D eigenvalue weighted by Gasteiger charge is -2.11. The van der Waals surface area contributed by atoms with Crippen molar-refractivity contribution in [1.82, 2.24) is 0 Å². The second kappa shape index (κ2) is 5.54. The van der Waals surface area contributed by atoms with Crippen LogP contribution in [-0.4, -0.2) is 12.6 Å². The summed E-state index contributed by atoms with van der Waals surface area (Å²) in [6, 6.07) is 8.71. The van der Waals surface area contributed by atoms with Gasteiger partial charge in [0.2, 0.25) is 0 Å². The van der Waals surface area contributed by atoms with Crippen LogP contribution < -0.4 is 10.5 Å². The lowest BCUT2D eigenvalue weighted by molar-refractivity contribution is 0.306. The molecule has 1 aromatic rings. The van der Waals surface area contributed by atoms with E-state index in [-0.39, 0.29) is 0 Å². The molecule has 0 saturated heterocycles. The molecule has 2 heteroatoms. The summed E-state index contributed by atoms with van der Waals surface area (Å²) in [5, 5.41) is 0. The van der Waals surface area contributed by atoms with Gasteiger partial charge in [-0.3, -0.25) is 0 Å². The van der Waals surface area contributed by atoms with Crippen LogP contribution in [-0.2, 0) is 0 Å². The van der Waals surface area contributed by atoms with Gasteiger partial charge in [0.15, 0.2) is 0 Å². The van der Waals surface area contributed by atoms with E-state index in [4.69, 9.17) is 10.5 Å². The third-order valence-electron chi connectivity index (χ3n) is 3.59. The summed E-state index contributed by atoms with van der Waals surface area (Å²) in [5.74, 6) is 2.33. The Balaban J connectivity index is 2.02. The van der Waals surface area contributed by atoms with Crippen LogP contribution in [0.1, 0.15) is 44.6 Å². The van der Waals surface area contributed by atoms with Gasteiger partial charge in [-0.2, -0.15) is 0 Å². The largest absolute Gasteiger partial charge is 0.493 e. The number of nitrogens with two attached hydrogens (primary N) is 1. The fourth-order valence-corrected chi connectivity index (χ4v) is 2.40. The lowest BCUT2D eigenvalue weighted by atomic mass is 10.1. The molecule has 0 amide bonds. The molecule has 0 radical (unpaired) electrons. The lowest BCUT2D eigenvalue weighted by Crippen LogP contribution is -2.18. The Labute approximate surface area is 104 Å². The number of hydrogen-bond acceptors (Lipinski definition) is 2. The highest BCUT2D eigenvalue weighted by Gasteiger charge is 2.42. The molecule has 94 valence electrons. The third kappa shape index (κ3) is 3.01. The minimum Gasteiger partial charge on any atom is -0.493 e. The topological polar surface area (TPSA) is 35.2 Å². The molecule has 2 rings (SSSR count). The van der Waals surface area contributed by atoms with Gasteiger partial charge < -0.3 is 10.5 Å². The standard InChI is InChI=1S/C15H23NO/c1-3-4-9-17-15-8-6-5-7-12(15)14-10-13(14)11(2)16/h5-8,11,13-14H,3-4,9-10,16H2,1-2H3. The summed E-state index contributed by atoms with van der Waals surface area (Å²) in [5.41, 5.74) is 7.31. The maximum absolute atomic E-state index is 5.96. The zero-order chi connectivity index (χ0) is 12.3. The fourth-order valence-electron chi connectivity index (χ4n) is 2.40. The number of ether oxygens (including phenoxy) is 1. The van der Waals surface area contributed by atoms with Crippen molar-refractivity contribution in [2.24, 2.45) is 11.7 Å². The molecule has 2 N–H and O–H groups in total. The first kappa shape index (κ1) is 12.4. The molecule has 0 aromatic heterocycles. The van der Waals surface area contributed by atoms with Gasteiger partial charge in [0.1, 0.15) is 5.75 Å². The van der Waals surface area contributed by atoms with Crippen molar-refractivity contribution in [2.75, 3.05) is 6.61 Å². The SMILES string of the molecule is CCCCOc1ccccc1C1CC1C(C)N. The van der Waals surface area contributed by atoms with Gasteiger partial charge in [0, 0.05) is 6.04 Å². The van der Waals surface area contributed by atoms with Crippen LogP contribution in [0, 0.1) is 5.92 Å². The second-order valence-electron chi connectivity index (χ2n) is 5.11. The van der Waals surface area contributed by atoms with Crippen molar-refractivity contribution in [3.05, 3.63) is 29.8 Å². The number of unbranched alkanes of at least 4 members (excludes halogenated alkanes) is 1. The summed E-state index contributed by atoms with van der Waals surface area (Å²) in [7, 11) is 0. The molecule has 1 fully saturated rings. The van der Waals surface area contributed by atoms with E-state index in [9.17, 15) is 0 Å². The molecule has 0 heterocycles. The average Bonchev–Trinajstić information content (AvgIpc) is 3.10. The Morgan fingerprint density at radius 1 is 1.41 bits per heavy atom. The van der Waals surface area contributed by atoms with Gasteiger partial charge in [0.25, 0.3) is 0 Å². The first-order valence-electron chi connectivity index (χ1n) is 6.71. The van der Waals surface area contributed by atoms with E-state index in [1.54, 1.807) is 0 Å². The van der Waals surface area contributed by atoms with Crippen molar-refractivity contribution in [3.8, 4) is 5.75 Å². The van der Waals surface area contributed by atoms with E-state index in [0.717, 1.165) is 18.8 Å². The summed E-state index contributed by atoms with van der Waals surface area (Å²) in [6.45, 7) is 5.11. The van der Waals surface area contributed by atoms with E-state index < -0.39 is 0 Å². The number of rotatable bonds is 6. The van der Waals surface area contributed by atoms with Crippen LogP contribution in [0.4, 0.5) is 0 Å². The van der Waals surface area contributed by atoms with Crippen LogP contribution in [0.2, 0.25) is 0 Å². The highest BCUT2D eigenvalue weighted by molar-refractivity contribution is 5.40. The van der Waals surface area contributed by atoms with Crippen LogP contribution >= 0.6 is 0 Å². The zero-order valence-electron chi connectivity index (χ0n) is 10.9. The van der Waals surface area contributed by atoms with Gasteiger partial charge >= 0.3 is 0 Å². The molecule has 0 bridgehead atoms. The molecule has 1 aliphatic carbocycles. The van der Waals surface area contributed by atoms with E-state index in [1.165, 1.54) is 18.4 Å². The summed E-state index contributed by atoms with van der Waals surface area (Å²) in [4.78, 5) is 0. The smallest absolute Gasteiger partial charge is 0.122 e. The molecular formula is C15H23NO. The average molecular weight is 233 g/mol. The van der Waals surface area contributed by atoms with Gasteiger partial charge in [-0.1, -0.05) is 31.5 Å². The highest BCUT2D eigenvalue weighted by atomic mass is 16.5. The Kier molecular flexibility index (Phi) is 4.06. The number of para-hydroxylation sites is 1. The highest BCUT2D eigenvalue weighted by Crippen LogP contribution is 2.51. The van der Waals surface area contributed by atoms with Crippen LogP contribution in [0.5, 0.6) is 5.75 Å². The van der Waals surface area contributed by atoms with E-state index >= 15 is 0 Å². The minimum absolute atomic E-state index is 0.295. The van der Waals surface area contributed by atoms with Gasteiger partial charge in [-0.15, -0.1) is 0 Å². The molecular weight excluding hydrogens is 210 g/mol. The van der Waals surface area contributed by atoms with Crippen molar-refractivity contribution in [3.63, 3.8) is 0 Å². The predicted octanol–water partition coefficient (Wildman–Crippen LogP) is 3.32. The molecule has 1 aliphatic rings. The molecule has 1 saturated carbocycles. The van der Waals surface area contributed by atoms with Gasteiger partial charge in [-0.25, -0.2) is 0 Å². The maximum Gasteiger partial charge on any atom is 0.122 e. The van der Waals surface area contributed by atoms with Crippen LogP contribution in [0.15, 0.2) is 24.3 Å². The molecule has 3 atom stereocenters. The first-order chi connectivity index (χ1) is 8.24. The van der Waals surface area contributed by atoms with E-state index in [2.05, 4.69) is 32.0 Å². The fraction of sp³-hybridized carbons (Fsp3) is 0.600. The summed E-state index contributed by atoms with van der Waals surface area (Å²) < 4.78 is 5.87. The Bertz CT molecular complexity index is 362. The van der Waals surface area contributed by atoms with Crippen molar-refractivity contribution in [1.29, 1.82) is 0 Å². The van der Waals surface area contributed by atoms with Crippen molar-refractivity contribution in [2.45, 2.75) is 45.1 Å². The molecule has 1 aromatic carbocycles. The van der Waals surface area contributed by atoms with E-state index in [1.807, 2.05) is 6.07 Å². The summed E-state index contributed by atoms with van der Waals surface area (Å²) >= 11 is 0. The van der Waals surface area contributed by atoms with Crippen molar-refractivity contribution >= 4 is 0 Å². The summed E-state index contributed by atoms with van der Waals surface area (Å²) in [6.07, 6.45) is 3.51. The number of benzene rings is 1. The molecule has 17 heavy (non-hydrogen) atoms. The molecule has 0 spiro atoms. The first-order valence-corrected chi connectivity index (χ1v) is 6.71. The Morgan fingerprint density at radius 3 is 2.82 bits per heavy atom. The normalized spacial score (nSPS) is 24.4. The molecule has 2 nitrogen and oxygen atoms in total. The number of hydrogen-bond donors (Lipinski definition) is 1. The quantitative estimate of drug-likeness (QED) is 0.765. The minimum atomic E-state index is 0.295. The molecule has 0 aliphatic heterocycles. The van der Waals surface area contributed by atoms with Crippen LogP contribution in [0.3, 0.4) is 0 Å². The van der Waals surface area contributed by atoms with Crippen molar-refractivity contribution < 1.29 is 4.74 Å². The second-order valence-corrected chi connectivity index (χ2v) is 5.11.